The Hall–Kier alpha value is -1.67. The largest absolute Gasteiger partial charge is 0.324 e. The Kier molecular flexibility index (Phi) is 4.35. The first-order valence-corrected chi connectivity index (χ1v) is 7.85. The predicted octanol–water partition coefficient (Wildman–Crippen LogP) is 4.34. The van der Waals surface area contributed by atoms with Gasteiger partial charge in [0, 0.05) is 6.04 Å². The van der Waals surface area contributed by atoms with Crippen LogP contribution >= 0.6 is 0 Å². The second-order valence-electron chi connectivity index (χ2n) is 5.97. The van der Waals surface area contributed by atoms with Gasteiger partial charge in [-0.2, -0.15) is 0 Å². The molecule has 0 bridgehead atoms. The third-order valence-electron chi connectivity index (χ3n) is 4.48. The van der Waals surface area contributed by atoms with Gasteiger partial charge in [-0.25, -0.2) is 4.39 Å². The number of halogens is 1. The molecule has 1 nitrogen and oxygen atoms in total. The summed E-state index contributed by atoms with van der Waals surface area (Å²) < 4.78 is 13.6. The van der Waals surface area contributed by atoms with E-state index in [9.17, 15) is 4.39 Å². The highest BCUT2D eigenvalue weighted by atomic mass is 19.1. The number of benzene rings is 2. The van der Waals surface area contributed by atoms with E-state index in [1.807, 2.05) is 12.1 Å². The van der Waals surface area contributed by atoms with Crippen molar-refractivity contribution in [2.75, 3.05) is 0 Å². The van der Waals surface area contributed by atoms with Gasteiger partial charge in [0.1, 0.15) is 5.82 Å². The van der Waals surface area contributed by atoms with E-state index >= 15 is 0 Å². The molecule has 1 atom stereocenters. The maximum atomic E-state index is 13.6. The summed E-state index contributed by atoms with van der Waals surface area (Å²) in [7, 11) is 0. The van der Waals surface area contributed by atoms with Crippen LogP contribution in [0.2, 0.25) is 0 Å². The molecular formula is C19H22FN. The Balaban J connectivity index is 1.68. The van der Waals surface area contributed by atoms with Crippen molar-refractivity contribution in [1.82, 2.24) is 0 Å². The van der Waals surface area contributed by atoms with E-state index in [4.69, 9.17) is 5.73 Å². The Bertz CT molecular complexity index is 621. The van der Waals surface area contributed by atoms with Crippen molar-refractivity contribution in [3.63, 3.8) is 0 Å². The highest BCUT2D eigenvalue weighted by Crippen LogP contribution is 2.26. The molecule has 0 saturated heterocycles. The van der Waals surface area contributed by atoms with Crippen molar-refractivity contribution in [3.05, 3.63) is 70.5 Å². The van der Waals surface area contributed by atoms with Gasteiger partial charge in [0.15, 0.2) is 0 Å². The van der Waals surface area contributed by atoms with E-state index < -0.39 is 0 Å². The molecule has 2 aromatic carbocycles. The minimum Gasteiger partial charge on any atom is -0.324 e. The lowest BCUT2D eigenvalue weighted by atomic mass is 9.88. The van der Waals surface area contributed by atoms with Gasteiger partial charge in [-0.05, 0) is 66.8 Å². The Morgan fingerprint density at radius 3 is 2.57 bits per heavy atom. The third kappa shape index (κ3) is 3.33. The standard InChI is InChI=1S/C19H22FN/c20-18-8-4-3-6-15(18)11-12-19(21)17-10-9-14-5-1-2-7-16(14)13-17/h3-4,6,8-10,13,19H,1-2,5,7,11-12,21H2. The van der Waals surface area contributed by atoms with Gasteiger partial charge in [-0.1, -0.05) is 36.4 Å². The SMILES string of the molecule is NC(CCc1ccccc1F)c1ccc2c(c1)CCCC2. The molecule has 0 amide bonds. The molecule has 2 heteroatoms. The predicted molar refractivity (Wildman–Crippen MR) is 84.7 cm³/mol. The summed E-state index contributed by atoms with van der Waals surface area (Å²) in [5.74, 6) is -0.129. The summed E-state index contributed by atoms with van der Waals surface area (Å²) in [6, 6.07) is 13.6. The van der Waals surface area contributed by atoms with Crippen LogP contribution in [0.1, 0.15) is 47.6 Å². The summed E-state index contributed by atoms with van der Waals surface area (Å²) in [4.78, 5) is 0. The van der Waals surface area contributed by atoms with Crippen LogP contribution < -0.4 is 5.73 Å². The quantitative estimate of drug-likeness (QED) is 0.887. The summed E-state index contributed by atoms with van der Waals surface area (Å²) in [5.41, 5.74) is 11.2. The molecule has 0 fully saturated rings. The molecule has 0 aromatic heterocycles. The zero-order valence-electron chi connectivity index (χ0n) is 12.3. The first-order valence-electron chi connectivity index (χ1n) is 7.85. The monoisotopic (exact) mass is 283 g/mol. The van der Waals surface area contributed by atoms with Crippen LogP contribution in [0.15, 0.2) is 42.5 Å². The number of nitrogens with two attached hydrogens (primary N) is 1. The Morgan fingerprint density at radius 1 is 1.00 bits per heavy atom. The first kappa shape index (κ1) is 14.3. The molecule has 2 N–H and O–H groups in total. The maximum Gasteiger partial charge on any atom is 0.126 e. The van der Waals surface area contributed by atoms with Crippen LogP contribution in [0.3, 0.4) is 0 Å². The summed E-state index contributed by atoms with van der Waals surface area (Å²) in [6.45, 7) is 0. The van der Waals surface area contributed by atoms with E-state index in [0.29, 0.717) is 6.42 Å². The van der Waals surface area contributed by atoms with Gasteiger partial charge >= 0.3 is 0 Å². The van der Waals surface area contributed by atoms with Crippen LogP contribution in [0.5, 0.6) is 0 Å². The molecule has 0 aliphatic heterocycles. The van der Waals surface area contributed by atoms with Crippen molar-refractivity contribution >= 4 is 0 Å². The van der Waals surface area contributed by atoms with Crippen LogP contribution in [0.25, 0.3) is 0 Å². The number of fused-ring (bicyclic) bond motifs is 1. The lowest BCUT2D eigenvalue weighted by Gasteiger charge is -2.19. The molecule has 0 saturated carbocycles. The van der Waals surface area contributed by atoms with Crippen molar-refractivity contribution in [2.45, 2.75) is 44.6 Å². The van der Waals surface area contributed by atoms with Crippen molar-refractivity contribution in [2.24, 2.45) is 5.73 Å². The fourth-order valence-electron chi connectivity index (χ4n) is 3.16. The van der Waals surface area contributed by atoms with Crippen molar-refractivity contribution in [1.29, 1.82) is 0 Å². The summed E-state index contributed by atoms with van der Waals surface area (Å²) >= 11 is 0. The molecular weight excluding hydrogens is 261 g/mol. The molecule has 1 aliphatic carbocycles. The number of hydrogen-bond donors (Lipinski definition) is 1. The van der Waals surface area contributed by atoms with E-state index in [0.717, 1.165) is 12.0 Å². The highest BCUT2D eigenvalue weighted by Gasteiger charge is 2.13. The molecule has 0 radical (unpaired) electrons. The van der Waals surface area contributed by atoms with Crippen LogP contribution in [-0.4, -0.2) is 0 Å². The smallest absolute Gasteiger partial charge is 0.126 e. The van der Waals surface area contributed by atoms with E-state index in [1.54, 1.807) is 6.07 Å². The Labute approximate surface area is 126 Å². The van der Waals surface area contributed by atoms with Crippen LogP contribution in [0, 0.1) is 5.82 Å². The molecule has 1 aliphatic rings. The zero-order chi connectivity index (χ0) is 14.7. The lowest BCUT2D eigenvalue weighted by molar-refractivity contribution is 0.585. The average Bonchev–Trinajstić information content (AvgIpc) is 2.53. The fraction of sp³-hybridized carbons (Fsp3) is 0.368. The normalized spacial score (nSPS) is 15.5. The third-order valence-corrected chi connectivity index (χ3v) is 4.48. The molecule has 1 unspecified atom stereocenters. The molecule has 0 heterocycles. The second-order valence-corrected chi connectivity index (χ2v) is 5.97. The molecule has 2 aromatic rings. The van der Waals surface area contributed by atoms with Gasteiger partial charge in [0.05, 0.1) is 0 Å². The first-order chi connectivity index (χ1) is 10.2. The topological polar surface area (TPSA) is 26.0 Å². The van der Waals surface area contributed by atoms with E-state index in [-0.39, 0.29) is 11.9 Å². The van der Waals surface area contributed by atoms with Crippen LogP contribution in [0.4, 0.5) is 4.39 Å². The minimum absolute atomic E-state index is 0.0168. The van der Waals surface area contributed by atoms with Gasteiger partial charge in [-0.3, -0.25) is 0 Å². The van der Waals surface area contributed by atoms with Gasteiger partial charge < -0.3 is 5.73 Å². The molecule has 3 rings (SSSR count). The average molecular weight is 283 g/mol. The van der Waals surface area contributed by atoms with E-state index in [1.165, 1.54) is 48.4 Å². The van der Waals surface area contributed by atoms with Crippen molar-refractivity contribution in [3.8, 4) is 0 Å². The molecule has 0 spiro atoms. The highest BCUT2D eigenvalue weighted by molar-refractivity contribution is 5.35. The van der Waals surface area contributed by atoms with Gasteiger partial charge in [-0.15, -0.1) is 0 Å². The second kappa shape index (κ2) is 6.40. The molecule has 110 valence electrons. The Morgan fingerprint density at radius 2 is 1.76 bits per heavy atom. The minimum atomic E-state index is -0.129. The van der Waals surface area contributed by atoms with Gasteiger partial charge in [0.25, 0.3) is 0 Å². The lowest BCUT2D eigenvalue weighted by Crippen LogP contribution is -2.13. The number of aryl methyl sites for hydroxylation is 3. The summed E-state index contributed by atoms with van der Waals surface area (Å²) in [5, 5.41) is 0. The number of hydrogen-bond acceptors (Lipinski definition) is 1. The fourth-order valence-corrected chi connectivity index (χ4v) is 3.16. The number of rotatable bonds is 4. The maximum absolute atomic E-state index is 13.6. The van der Waals surface area contributed by atoms with Crippen LogP contribution in [-0.2, 0) is 19.3 Å². The molecule has 21 heavy (non-hydrogen) atoms. The van der Waals surface area contributed by atoms with Gasteiger partial charge in [0.2, 0.25) is 0 Å². The van der Waals surface area contributed by atoms with Crippen molar-refractivity contribution < 1.29 is 4.39 Å². The summed E-state index contributed by atoms with van der Waals surface area (Å²) in [6.07, 6.45) is 6.40. The van der Waals surface area contributed by atoms with E-state index in [2.05, 4.69) is 18.2 Å². The zero-order valence-corrected chi connectivity index (χ0v) is 12.3.